The van der Waals surface area contributed by atoms with Gasteiger partial charge in [-0.05, 0) is 24.1 Å². The van der Waals surface area contributed by atoms with Gasteiger partial charge >= 0.3 is 5.97 Å². The molecular weight excluding hydrogens is 294 g/mol. The molecule has 118 valence electrons. The molecule has 0 aliphatic carbocycles. The second kappa shape index (κ2) is 8.58. The monoisotopic (exact) mass is 311 g/mol. The first-order chi connectivity index (χ1) is 11.2. The Morgan fingerprint density at radius 3 is 2.43 bits per heavy atom. The summed E-state index contributed by atoms with van der Waals surface area (Å²) in [5.74, 6) is -1.56. The van der Waals surface area contributed by atoms with Crippen molar-refractivity contribution in [3.05, 3.63) is 66.0 Å². The summed E-state index contributed by atoms with van der Waals surface area (Å²) < 4.78 is 4.95. The molecule has 0 saturated carbocycles. The summed E-state index contributed by atoms with van der Waals surface area (Å²) in [5.41, 5.74) is 1.33. The van der Waals surface area contributed by atoms with E-state index in [-0.39, 0.29) is 25.2 Å². The number of pyridine rings is 1. The standard InChI is InChI=1S/C18H17NO4/c20-16(15-8-5-11-19-12-15)9-4-10-17(21)18(22)23-13-14-6-2-1-3-7-14/h1-3,5-8,11-12H,4,9-10,13H2. The first-order valence-corrected chi connectivity index (χ1v) is 7.34. The fourth-order valence-electron chi connectivity index (χ4n) is 1.99. The third-order valence-electron chi connectivity index (χ3n) is 3.23. The molecule has 0 saturated heterocycles. The second-order valence-electron chi connectivity index (χ2n) is 5.00. The molecule has 2 rings (SSSR count). The SMILES string of the molecule is O=C(CCCC(=O)c1cccnc1)C(=O)OCc1ccccc1. The van der Waals surface area contributed by atoms with Crippen LogP contribution in [0.5, 0.6) is 0 Å². The van der Waals surface area contributed by atoms with E-state index >= 15 is 0 Å². The van der Waals surface area contributed by atoms with Gasteiger partial charge in [0.05, 0.1) is 0 Å². The van der Waals surface area contributed by atoms with E-state index in [2.05, 4.69) is 4.98 Å². The Morgan fingerprint density at radius 1 is 0.957 bits per heavy atom. The average molecular weight is 311 g/mol. The van der Waals surface area contributed by atoms with Crippen molar-refractivity contribution in [3.8, 4) is 0 Å². The Balaban J connectivity index is 1.70. The lowest BCUT2D eigenvalue weighted by Gasteiger charge is -2.04. The van der Waals surface area contributed by atoms with Gasteiger partial charge in [-0.25, -0.2) is 4.79 Å². The second-order valence-corrected chi connectivity index (χ2v) is 5.00. The molecule has 5 nitrogen and oxygen atoms in total. The smallest absolute Gasteiger partial charge is 0.374 e. The van der Waals surface area contributed by atoms with Crippen molar-refractivity contribution in [2.45, 2.75) is 25.9 Å². The highest BCUT2D eigenvalue weighted by atomic mass is 16.5. The molecule has 23 heavy (non-hydrogen) atoms. The molecule has 1 heterocycles. The molecule has 0 unspecified atom stereocenters. The normalized spacial score (nSPS) is 10.1. The van der Waals surface area contributed by atoms with Crippen LogP contribution in [0.15, 0.2) is 54.9 Å². The van der Waals surface area contributed by atoms with Gasteiger partial charge in [-0.1, -0.05) is 30.3 Å². The third-order valence-corrected chi connectivity index (χ3v) is 3.23. The van der Waals surface area contributed by atoms with Crippen LogP contribution in [-0.4, -0.2) is 22.5 Å². The van der Waals surface area contributed by atoms with Gasteiger partial charge in [0.2, 0.25) is 5.78 Å². The molecule has 0 aliphatic rings. The van der Waals surface area contributed by atoms with E-state index in [1.807, 2.05) is 30.3 Å². The fourth-order valence-corrected chi connectivity index (χ4v) is 1.99. The predicted octanol–water partition coefficient (Wildman–Crippen LogP) is 2.75. The van der Waals surface area contributed by atoms with E-state index in [1.165, 1.54) is 6.20 Å². The fraction of sp³-hybridized carbons (Fsp3) is 0.222. The van der Waals surface area contributed by atoms with Crippen molar-refractivity contribution in [2.75, 3.05) is 0 Å². The number of hydrogen-bond donors (Lipinski definition) is 0. The summed E-state index contributed by atoms with van der Waals surface area (Å²) in [4.78, 5) is 39.0. The molecule has 0 N–H and O–H groups in total. The largest absolute Gasteiger partial charge is 0.455 e. The Hall–Kier alpha value is -2.82. The van der Waals surface area contributed by atoms with Gasteiger partial charge in [-0.2, -0.15) is 0 Å². The Labute approximate surface area is 134 Å². The number of rotatable bonds is 8. The van der Waals surface area contributed by atoms with Crippen LogP contribution < -0.4 is 0 Å². The molecule has 0 bridgehead atoms. The van der Waals surface area contributed by atoms with Gasteiger partial charge in [0.1, 0.15) is 6.61 Å². The maximum absolute atomic E-state index is 11.8. The number of benzene rings is 1. The van der Waals surface area contributed by atoms with Crippen LogP contribution in [0.25, 0.3) is 0 Å². The van der Waals surface area contributed by atoms with Gasteiger partial charge in [0, 0.05) is 30.8 Å². The van der Waals surface area contributed by atoms with Crippen molar-refractivity contribution in [1.82, 2.24) is 4.98 Å². The number of carbonyl (C=O) groups is 3. The lowest BCUT2D eigenvalue weighted by molar-refractivity contribution is -0.154. The van der Waals surface area contributed by atoms with E-state index in [0.29, 0.717) is 12.0 Å². The summed E-state index contributed by atoms with van der Waals surface area (Å²) >= 11 is 0. The van der Waals surface area contributed by atoms with Crippen LogP contribution in [0.3, 0.4) is 0 Å². The number of Topliss-reactive ketones (excluding diaryl/α,β-unsaturated/α-hetero) is 2. The molecule has 1 aromatic carbocycles. The van der Waals surface area contributed by atoms with Crippen molar-refractivity contribution in [1.29, 1.82) is 0 Å². The summed E-state index contributed by atoms with van der Waals surface area (Å²) in [6.07, 6.45) is 3.58. The predicted molar refractivity (Wildman–Crippen MR) is 83.7 cm³/mol. The zero-order chi connectivity index (χ0) is 16.5. The minimum atomic E-state index is -0.859. The van der Waals surface area contributed by atoms with E-state index in [1.54, 1.807) is 18.3 Å². The summed E-state index contributed by atoms with van der Waals surface area (Å²) in [6, 6.07) is 12.5. The first-order valence-electron chi connectivity index (χ1n) is 7.34. The number of ketones is 2. The summed E-state index contributed by atoms with van der Waals surface area (Å²) in [6.45, 7) is 0.0695. The van der Waals surface area contributed by atoms with E-state index < -0.39 is 11.8 Å². The van der Waals surface area contributed by atoms with E-state index in [0.717, 1.165) is 5.56 Å². The number of carbonyl (C=O) groups excluding carboxylic acids is 3. The maximum atomic E-state index is 11.8. The first kappa shape index (κ1) is 16.5. The van der Waals surface area contributed by atoms with Crippen LogP contribution in [-0.2, 0) is 20.9 Å². The van der Waals surface area contributed by atoms with Crippen LogP contribution in [0.2, 0.25) is 0 Å². The lowest BCUT2D eigenvalue weighted by atomic mass is 10.1. The van der Waals surface area contributed by atoms with Crippen molar-refractivity contribution in [2.24, 2.45) is 0 Å². The molecule has 0 atom stereocenters. The summed E-state index contributed by atoms with van der Waals surface area (Å²) in [7, 11) is 0. The highest BCUT2D eigenvalue weighted by Crippen LogP contribution is 2.07. The molecule has 1 aromatic heterocycles. The Bertz CT molecular complexity index is 668. The minimum absolute atomic E-state index is 0.000372. The van der Waals surface area contributed by atoms with Crippen LogP contribution in [0.1, 0.15) is 35.2 Å². The zero-order valence-electron chi connectivity index (χ0n) is 12.6. The van der Waals surface area contributed by atoms with Crippen LogP contribution in [0.4, 0.5) is 0 Å². The summed E-state index contributed by atoms with van der Waals surface area (Å²) in [5, 5.41) is 0. The Morgan fingerprint density at radius 2 is 1.74 bits per heavy atom. The van der Waals surface area contributed by atoms with Crippen molar-refractivity contribution >= 4 is 17.5 Å². The van der Waals surface area contributed by atoms with Gasteiger partial charge in [0.25, 0.3) is 0 Å². The van der Waals surface area contributed by atoms with E-state index in [4.69, 9.17) is 4.74 Å². The van der Waals surface area contributed by atoms with Crippen LogP contribution >= 0.6 is 0 Å². The third kappa shape index (κ3) is 5.47. The molecule has 0 radical (unpaired) electrons. The molecule has 2 aromatic rings. The molecular formula is C18H17NO4. The number of aromatic nitrogens is 1. The number of nitrogens with zero attached hydrogens (tertiary/aromatic N) is 1. The lowest BCUT2D eigenvalue weighted by Crippen LogP contribution is -2.17. The van der Waals surface area contributed by atoms with Gasteiger partial charge in [0.15, 0.2) is 5.78 Å². The van der Waals surface area contributed by atoms with Gasteiger partial charge < -0.3 is 4.74 Å². The Kier molecular flexibility index (Phi) is 6.17. The molecule has 0 amide bonds. The highest BCUT2D eigenvalue weighted by Gasteiger charge is 2.16. The quantitative estimate of drug-likeness (QED) is 0.426. The molecule has 0 fully saturated rings. The zero-order valence-corrected chi connectivity index (χ0v) is 12.6. The topological polar surface area (TPSA) is 73.3 Å². The number of hydrogen-bond acceptors (Lipinski definition) is 5. The van der Waals surface area contributed by atoms with Crippen molar-refractivity contribution in [3.63, 3.8) is 0 Å². The van der Waals surface area contributed by atoms with Crippen molar-refractivity contribution < 1.29 is 19.1 Å². The van der Waals surface area contributed by atoms with Gasteiger partial charge in [-0.15, -0.1) is 0 Å². The number of esters is 1. The van der Waals surface area contributed by atoms with Crippen LogP contribution in [0, 0.1) is 0 Å². The highest BCUT2D eigenvalue weighted by molar-refractivity contribution is 6.33. The van der Waals surface area contributed by atoms with Gasteiger partial charge in [-0.3, -0.25) is 14.6 Å². The average Bonchev–Trinajstić information content (AvgIpc) is 2.61. The maximum Gasteiger partial charge on any atom is 0.374 e. The molecule has 0 aliphatic heterocycles. The minimum Gasteiger partial charge on any atom is -0.455 e. The van der Waals surface area contributed by atoms with E-state index in [9.17, 15) is 14.4 Å². The molecule has 0 spiro atoms. The number of ether oxygens (including phenoxy) is 1. The molecule has 5 heteroatoms.